The molecule has 1 aliphatic rings. The number of ether oxygens (including phenoxy) is 2. The lowest BCUT2D eigenvalue weighted by molar-refractivity contribution is -0.302. The second-order valence-corrected chi connectivity index (χ2v) is 19.0. The van der Waals surface area contributed by atoms with Crippen LogP contribution >= 0.6 is 0 Å². The van der Waals surface area contributed by atoms with Crippen LogP contribution in [0.2, 0.25) is 0 Å². The molecule has 9 heteroatoms. The smallest absolute Gasteiger partial charge is 0.220 e. The maximum atomic E-state index is 13.0. The fraction of sp³-hybridized carbons (Fsp3) is 0.873. The quantitative estimate of drug-likeness (QED) is 0.0261. The third-order valence-electron chi connectivity index (χ3n) is 13.0. The first-order chi connectivity index (χ1) is 31.3. The minimum absolute atomic E-state index is 0.176. The molecule has 1 fully saturated rings. The molecule has 0 saturated carbocycles. The average molecular weight is 906 g/mol. The van der Waals surface area contributed by atoms with Crippen LogP contribution in [0.5, 0.6) is 0 Å². The van der Waals surface area contributed by atoms with E-state index >= 15 is 0 Å². The van der Waals surface area contributed by atoms with Gasteiger partial charge in [-0.2, -0.15) is 0 Å². The third-order valence-corrected chi connectivity index (χ3v) is 13.0. The highest BCUT2D eigenvalue weighted by Gasteiger charge is 2.44. The lowest BCUT2D eigenvalue weighted by Crippen LogP contribution is -2.60. The maximum absolute atomic E-state index is 13.0. The zero-order valence-electron chi connectivity index (χ0n) is 41.5. The molecule has 0 aromatic heterocycles. The van der Waals surface area contributed by atoms with Gasteiger partial charge in [0.1, 0.15) is 24.4 Å². The lowest BCUT2D eigenvalue weighted by atomic mass is 9.99. The van der Waals surface area contributed by atoms with E-state index in [9.17, 15) is 30.3 Å². The number of aliphatic hydroxyl groups excluding tert-OH is 5. The summed E-state index contributed by atoms with van der Waals surface area (Å²) in [5.74, 6) is -0.176. The Morgan fingerprint density at radius 1 is 0.531 bits per heavy atom. The summed E-state index contributed by atoms with van der Waals surface area (Å²) in [6, 6.07) is -0.801. The van der Waals surface area contributed by atoms with Crippen molar-refractivity contribution in [1.29, 1.82) is 0 Å². The molecule has 7 unspecified atom stereocenters. The van der Waals surface area contributed by atoms with Crippen molar-refractivity contribution in [1.82, 2.24) is 5.32 Å². The predicted molar refractivity (Wildman–Crippen MR) is 267 cm³/mol. The van der Waals surface area contributed by atoms with Gasteiger partial charge in [-0.25, -0.2) is 0 Å². The fourth-order valence-corrected chi connectivity index (χ4v) is 8.60. The molecular weight excluding hydrogens is 803 g/mol. The molecule has 376 valence electrons. The van der Waals surface area contributed by atoms with Crippen molar-refractivity contribution < 1.29 is 39.8 Å². The van der Waals surface area contributed by atoms with Crippen LogP contribution < -0.4 is 5.32 Å². The molecule has 1 amide bonds. The van der Waals surface area contributed by atoms with Crippen LogP contribution in [0.4, 0.5) is 0 Å². The largest absolute Gasteiger partial charge is 0.394 e. The molecule has 6 N–H and O–H groups in total. The zero-order chi connectivity index (χ0) is 46.6. The van der Waals surface area contributed by atoms with Gasteiger partial charge in [0.25, 0.3) is 0 Å². The summed E-state index contributed by atoms with van der Waals surface area (Å²) in [4.78, 5) is 13.0. The van der Waals surface area contributed by atoms with Crippen LogP contribution in [-0.2, 0) is 14.3 Å². The second-order valence-electron chi connectivity index (χ2n) is 19.0. The Kier molecular flexibility index (Phi) is 42.7. The van der Waals surface area contributed by atoms with E-state index < -0.39 is 49.5 Å². The van der Waals surface area contributed by atoms with E-state index in [1.54, 1.807) is 6.08 Å². The van der Waals surface area contributed by atoms with Crippen LogP contribution in [0, 0.1) is 0 Å². The minimum Gasteiger partial charge on any atom is -0.394 e. The number of amides is 1. The number of aliphatic hydroxyl groups is 5. The Labute approximate surface area is 393 Å². The fourth-order valence-electron chi connectivity index (χ4n) is 8.60. The number of nitrogens with one attached hydrogen (secondary N) is 1. The van der Waals surface area contributed by atoms with Crippen molar-refractivity contribution in [3.8, 4) is 0 Å². The monoisotopic (exact) mass is 906 g/mol. The highest BCUT2D eigenvalue weighted by atomic mass is 16.7. The first kappa shape index (κ1) is 60.4. The zero-order valence-corrected chi connectivity index (χ0v) is 41.5. The number of allylic oxidation sites excluding steroid dienone is 5. The number of carbonyl (C=O) groups is 1. The van der Waals surface area contributed by atoms with Gasteiger partial charge in [0.15, 0.2) is 6.29 Å². The summed E-state index contributed by atoms with van der Waals surface area (Å²) in [6.45, 7) is 3.75. The average Bonchev–Trinajstić information content (AvgIpc) is 3.29. The molecule has 1 heterocycles. The van der Waals surface area contributed by atoms with Crippen LogP contribution in [0.3, 0.4) is 0 Å². The molecule has 1 rings (SSSR count). The van der Waals surface area contributed by atoms with Gasteiger partial charge in [-0.15, -0.1) is 0 Å². The lowest BCUT2D eigenvalue weighted by Gasteiger charge is -2.40. The normalized spacial score (nSPS) is 20.3. The summed E-state index contributed by atoms with van der Waals surface area (Å²) >= 11 is 0. The van der Waals surface area contributed by atoms with E-state index in [2.05, 4.69) is 43.5 Å². The van der Waals surface area contributed by atoms with Crippen molar-refractivity contribution in [2.75, 3.05) is 13.2 Å². The van der Waals surface area contributed by atoms with E-state index in [0.29, 0.717) is 6.42 Å². The Hall–Kier alpha value is -1.59. The van der Waals surface area contributed by atoms with Crippen molar-refractivity contribution in [3.05, 3.63) is 36.5 Å². The molecule has 9 nitrogen and oxygen atoms in total. The Bertz CT molecular complexity index is 1100. The van der Waals surface area contributed by atoms with Crippen molar-refractivity contribution in [3.63, 3.8) is 0 Å². The van der Waals surface area contributed by atoms with Crippen molar-refractivity contribution in [2.24, 2.45) is 0 Å². The second kappa shape index (κ2) is 45.2. The van der Waals surface area contributed by atoms with E-state index in [0.717, 1.165) is 44.9 Å². The van der Waals surface area contributed by atoms with Crippen LogP contribution in [0.15, 0.2) is 36.5 Å². The first-order valence-corrected chi connectivity index (χ1v) is 27.2. The highest BCUT2D eigenvalue weighted by molar-refractivity contribution is 5.76. The van der Waals surface area contributed by atoms with E-state index in [4.69, 9.17) is 9.47 Å². The van der Waals surface area contributed by atoms with Gasteiger partial charge in [0.05, 0.1) is 25.4 Å². The summed E-state index contributed by atoms with van der Waals surface area (Å²) in [5, 5.41) is 54.2. The molecule has 0 radical (unpaired) electrons. The summed E-state index contributed by atoms with van der Waals surface area (Å²) in [6.07, 6.45) is 50.8. The molecule has 64 heavy (non-hydrogen) atoms. The van der Waals surface area contributed by atoms with Gasteiger partial charge in [0.2, 0.25) is 5.91 Å². The van der Waals surface area contributed by atoms with Crippen molar-refractivity contribution >= 4 is 5.91 Å². The number of hydrogen-bond donors (Lipinski definition) is 6. The van der Waals surface area contributed by atoms with Gasteiger partial charge in [-0.3, -0.25) is 4.79 Å². The molecule has 7 atom stereocenters. The topological polar surface area (TPSA) is 149 Å². The number of rotatable bonds is 46. The standard InChI is InChI=1S/C55H103NO8/c1-3-5-7-9-11-13-15-16-17-18-19-20-21-22-23-24-25-26-27-28-29-30-31-32-33-34-35-37-39-41-43-45-51(59)56-48(47-63-55-54(62)53(61)52(60)50(46-57)64-55)49(58)44-42-40-38-36-14-12-10-8-6-4-2/h15-16,18-19,42,44,48-50,52-55,57-58,60-62H,3-14,17,20-41,43,45-47H2,1-2H3,(H,56,59)/b16-15-,19-18-,44-42+. The number of unbranched alkanes of at least 4 members (excludes halogenated alkanes) is 32. The van der Waals surface area contributed by atoms with Gasteiger partial charge >= 0.3 is 0 Å². The van der Waals surface area contributed by atoms with E-state index in [1.165, 1.54) is 186 Å². The Morgan fingerprint density at radius 3 is 1.34 bits per heavy atom. The maximum Gasteiger partial charge on any atom is 0.220 e. The van der Waals surface area contributed by atoms with Crippen LogP contribution in [0.25, 0.3) is 0 Å². The van der Waals surface area contributed by atoms with Crippen LogP contribution in [-0.4, -0.2) is 87.5 Å². The Balaban J connectivity index is 2.10. The molecule has 0 bridgehead atoms. The van der Waals surface area contributed by atoms with Gasteiger partial charge in [-0.1, -0.05) is 230 Å². The van der Waals surface area contributed by atoms with E-state index in [-0.39, 0.29) is 12.5 Å². The summed E-state index contributed by atoms with van der Waals surface area (Å²) in [5.41, 5.74) is 0. The molecule has 0 aromatic rings. The molecule has 0 aliphatic carbocycles. The molecule has 0 aromatic carbocycles. The SMILES string of the molecule is CCCCCCC/C=C\C/C=C\CCCCCCCCCCCCCCCCCCCCCC(=O)NC(COC1OC(CO)C(O)C(O)C1O)C(O)/C=C/CCCCCCCCCC. The predicted octanol–water partition coefficient (Wildman–Crippen LogP) is 12.8. The number of carbonyl (C=O) groups excluding carboxylic acids is 1. The third kappa shape index (κ3) is 34.7. The molecule has 1 aliphatic heterocycles. The molecule has 1 saturated heterocycles. The van der Waals surface area contributed by atoms with Gasteiger partial charge in [-0.05, 0) is 51.4 Å². The highest BCUT2D eigenvalue weighted by Crippen LogP contribution is 2.23. The van der Waals surface area contributed by atoms with Gasteiger partial charge < -0.3 is 40.3 Å². The Morgan fingerprint density at radius 2 is 0.922 bits per heavy atom. The van der Waals surface area contributed by atoms with Crippen LogP contribution in [0.1, 0.15) is 251 Å². The van der Waals surface area contributed by atoms with Crippen molar-refractivity contribution in [2.45, 2.75) is 294 Å². The first-order valence-electron chi connectivity index (χ1n) is 27.2. The molecular formula is C55H103NO8. The van der Waals surface area contributed by atoms with E-state index in [1.807, 2.05) is 6.08 Å². The molecule has 0 spiro atoms. The summed E-state index contributed by atoms with van der Waals surface area (Å²) in [7, 11) is 0. The van der Waals surface area contributed by atoms with Gasteiger partial charge in [0, 0.05) is 6.42 Å². The number of hydrogen-bond acceptors (Lipinski definition) is 8. The summed E-state index contributed by atoms with van der Waals surface area (Å²) < 4.78 is 11.2. The minimum atomic E-state index is -1.56.